The van der Waals surface area contributed by atoms with Crippen molar-refractivity contribution in [3.05, 3.63) is 77.3 Å². The summed E-state index contributed by atoms with van der Waals surface area (Å²) >= 11 is 0. The predicted octanol–water partition coefficient (Wildman–Crippen LogP) is 3.82. The number of esters is 1. The normalized spacial score (nSPS) is 15.6. The average Bonchev–Trinajstić information content (AvgIpc) is 2.89. The van der Waals surface area contributed by atoms with Crippen LogP contribution < -0.4 is 4.74 Å². The highest BCUT2D eigenvalue weighted by molar-refractivity contribution is 6.19. The van der Waals surface area contributed by atoms with Crippen LogP contribution in [0.3, 0.4) is 0 Å². The third-order valence-corrected chi connectivity index (χ3v) is 3.30. The van der Waals surface area contributed by atoms with E-state index in [1.807, 2.05) is 24.3 Å². The number of methoxy groups -OCH3 is 1. The van der Waals surface area contributed by atoms with Crippen molar-refractivity contribution in [1.82, 2.24) is 0 Å². The Morgan fingerprint density at radius 3 is 2.36 bits per heavy atom. The number of hydrogen-bond acceptors (Lipinski definition) is 3. The molecule has 0 radical (unpaired) electrons. The summed E-state index contributed by atoms with van der Waals surface area (Å²) in [4.78, 5) is 11.9. The molecule has 4 heteroatoms. The summed E-state index contributed by atoms with van der Waals surface area (Å²) in [6.45, 7) is 0. The van der Waals surface area contributed by atoms with Crippen LogP contribution >= 0.6 is 0 Å². The summed E-state index contributed by atoms with van der Waals surface area (Å²) in [6.07, 6.45) is 3.41. The van der Waals surface area contributed by atoms with E-state index in [9.17, 15) is 9.18 Å². The van der Waals surface area contributed by atoms with E-state index >= 15 is 0 Å². The fraction of sp³-hybridized carbons (Fsp3) is 0.0556. The molecule has 0 unspecified atom stereocenters. The van der Waals surface area contributed by atoms with Gasteiger partial charge in [0.2, 0.25) is 0 Å². The molecule has 3 nitrogen and oxygen atoms in total. The molecule has 0 saturated heterocycles. The van der Waals surface area contributed by atoms with Gasteiger partial charge in [0.1, 0.15) is 17.3 Å². The van der Waals surface area contributed by atoms with Gasteiger partial charge in [0.15, 0.2) is 0 Å². The molecule has 0 aliphatic carbocycles. The van der Waals surface area contributed by atoms with Gasteiger partial charge in [0, 0.05) is 0 Å². The van der Waals surface area contributed by atoms with Crippen molar-refractivity contribution >= 4 is 17.6 Å². The summed E-state index contributed by atoms with van der Waals surface area (Å²) in [7, 11) is 1.60. The van der Waals surface area contributed by atoms with E-state index in [-0.39, 0.29) is 5.82 Å². The van der Waals surface area contributed by atoms with Gasteiger partial charge in [0.05, 0.1) is 12.7 Å². The molecular formula is C18H13FO3. The minimum atomic E-state index is -0.439. The quantitative estimate of drug-likeness (QED) is 0.808. The lowest BCUT2D eigenvalue weighted by atomic mass is 10.1. The van der Waals surface area contributed by atoms with Crippen molar-refractivity contribution in [2.24, 2.45) is 0 Å². The molecule has 22 heavy (non-hydrogen) atoms. The molecule has 1 aliphatic rings. The number of ether oxygens (including phenoxy) is 2. The predicted molar refractivity (Wildman–Crippen MR) is 81.4 cm³/mol. The SMILES string of the molecule is COc1ccc(/C=C2/C=C(c3ccc(F)cc3)C(=O)O2)cc1. The standard InChI is InChI=1S/C18H13FO3/c1-21-15-8-2-12(3-9-15)10-16-11-17(18(20)22-16)13-4-6-14(19)7-5-13/h2-11H,1H3/b16-10-. The smallest absolute Gasteiger partial charge is 0.344 e. The van der Waals surface area contributed by atoms with Crippen molar-refractivity contribution in [3.63, 3.8) is 0 Å². The number of rotatable bonds is 3. The zero-order valence-electron chi connectivity index (χ0n) is 11.9. The highest BCUT2D eigenvalue weighted by Gasteiger charge is 2.22. The van der Waals surface area contributed by atoms with Crippen LogP contribution in [0.4, 0.5) is 4.39 Å². The number of cyclic esters (lactones) is 1. The van der Waals surface area contributed by atoms with E-state index in [1.165, 1.54) is 12.1 Å². The maximum absolute atomic E-state index is 12.9. The van der Waals surface area contributed by atoms with Gasteiger partial charge in [0.25, 0.3) is 0 Å². The first-order valence-corrected chi connectivity index (χ1v) is 6.71. The maximum atomic E-state index is 12.9. The third-order valence-electron chi connectivity index (χ3n) is 3.30. The second kappa shape index (κ2) is 5.85. The second-order valence-electron chi connectivity index (χ2n) is 4.77. The first-order chi connectivity index (χ1) is 10.7. The van der Waals surface area contributed by atoms with Crippen LogP contribution in [0.25, 0.3) is 11.6 Å². The number of carbonyl (C=O) groups excluding carboxylic acids is 1. The fourth-order valence-corrected chi connectivity index (χ4v) is 2.16. The van der Waals surface area contributed by atoms with Gasteiger partial charge in [-0.1, -0.05) is 24.3 Å². The molecule has 1 heterocycles. The minimum absolute atomic E-state index is 0.343. The van der Waals surface area contributed by atoms with Crippen LogP contribution in [-0.4, -0.2) is 13.1 Å². The van der Waals surface area contributed by atoms with E-state index in [2.05, 4.69) is 0 Å². The first-order valence-electron chi connectivity index (χ1n) is 6.71. The zero-order chi connectivity index (χ0) is 15.5. The van der Waals surface area contributed by atoms with Crippen molar-refractivity contribution in [2.75, 3.05) is 7.11 Å². The van der Waals surface area contributed by atoms with Crippen molar-refractivity contribution in [3.8, 4) is 5.75 Å². The van der Waals surface area contributed by atoms with Crippen LogP contribution in [0.1, 0.15) is 11.1 Å². The lowest BCUT2D eigenvalue weighted by Gasteiger charge is -2.00. The van der Waals surface area contributed by atoms with Gasteiger partial charge < -0.3 is 9.47 Å². The lowest BCUT2D eigenvalue weighted by molar-refractivity contribution is -0.131. The number of carbonyl (C=O) groups is 1. The van der Waals surface area contributed by atoms with Gasteiger partial charge in [-0.25, -0.2) is 9.18 Å². The molecule has 2 aromatic rings. The van der Waals surface area contributed by atoms with Crippen molar-refractivity contribution in [2.45, 2.75) is 0 Å². The lowest BCUT2D eigenvalue weighted by Crippen LogP contribution is -1.98. The Bertz CT molecular complexity index is 756. The van der Waals surface area contributed by atoms with E-state index < -0.39 is 5.97 Å². The Kier molecular flexibility index (Phi) is 3.74. The molecule has 0 amide bonds. The summed E-state index contributed by atoms with van der Waals surface area (Å²) in [5, 5.41) is 0. The van der Waals surface area contributed by atoms with Crippen LogP contribution in [0.2, 0.25) is 0 Å². The van der Waals surface area contributed by atoms with Crippen molar-refractivity contribution in [1.29, 1.82) is 0 Å². The van der Waals surface area contributed by atoms with Gasteiger partial charge in [-0.05, 0) is 47.5 Å². The maximum Gasteiger partial charge on any atom is 0.344 e. The number of hydrogen-bond donors (Lipinski definition) is 0. The summed E-state index contributed by atoms with van der Waals surface area (Å²) in [5.74, 6) is 0.429. The second-order valence-corrected chi connectivity index (χ2v) is 4.77. The number of benzene rings is 2. The molecule has 1 aliphatic heterocycles. The van der Waals surface area contributed by atoms with Crippen LogP contribution in [-0.2, 0) is 9.53 Å². The fourth-order valence-electron chi connectivity index (χ4n) is 2.16. The molecule has 0 saturated carbocycles. The summed E-state index contributed by atoms with van der Waals surface area (Å²) in [5.41, 5.74) is 1.93. The molecular weight excluding hydrogens is 283 g/mol. The molecule has 0 N–H and O–H groups in total. The van der Waals surface area contributed by atoms with Crippen LogP contribution in [0, 0.1) is 5.82 Å². The molecule has 0 aromatic heterocycles. The van der Waals surface area contributed by atoms with E-state index in [0.717, 1.165) is 11.3 Å². The van der Waals surface area contributed by atoms with Crippen LogP contribution in [0.15, 0.2) is 60.4 Å². The molecule has 0 atom stereocenters. The van der Waals surface area contributed by atoms with E-state index in [1.54, 1.807) is 31.4 Å². The molecule has 0 spiro atoms. The van der Waals surface area contributed by atoms with E-state index in [0.29, 0.717) is 16.9 Å². The Hall–Kier alpha value is -2.88. The Balaban J connectivity index is 1.88. The summed E-state index contributed by atoms with van der Waals surface area (Å²) in [6, 6.07) is 13.1. The highest BCUT2D eigenvalue weighted by Crippen LogP contribution is 2.27. The largest absolute Gasteiger partial charge is 0.497 e. The van der Waals surface area contributed by atoms with Gasteiger partial charge in [-0.2, -0.15) is 0 Å². The Morgan fingerprint density at radius 2 is 1.73 bits per heavy atom. The van der Waals surface area contributed by atoms with Crippen LogP contribution in [0.5, 0.6) is 5.75 Å². The molecule has 0 bridgehead atoms. The Labute approximate surface area is 127 Å². The monoisotopic (exact) mass is 296 g/mol. The Morgan fingerprint density at radius 1 is 1.05 bits per heavy atom. The van der Waals surface area contributed by atoms with Gasteiger partial charge in [-0.3, -0.25) is 0 Å². The number of allylic oxidation sites excluding steroid dienone is 1. The molecule has 110 valence electrons. The molecule has 2 aromatic carbocycles. The zero-order valence-corrected chi connectivity index (χ0v) is 11.9. The van der Waals surface area contributed by atoms with Crippen molar-refractivity contribution < 1.29 is 18.7 Å². The third kappa shape index (κ3) is 2.91. The number of halogens is 1. The topological polar surface area (TPSA) is 35.5 Å². The average molecular weight is 296 g/mol. The summed E-state index contributed by atoms with van der Waals surface area (Å²) < 4.78 is 23.3. The molecule has 0 fully saturated rings. The minimum Gasteiger partial charge on any atom is -0.497 e. The van der Waals surface area contributed by atoms with Gasteiger partial charge in [-0.15, -0.1) is 0 Å². The van der Waals surface area contributed by atoms with E-state index in [4.69, 9.17) is 9.47 Å². The van der Waals surface area contributed by atoms with Gasteiger partial charge >= 0.3 is 5.97 Å². The first kappa shape index (κ1) is 14.1. The highest BCUT2D eigenvalue weighted by atomic mass is 19.1. The molecule has 3 rings (SSSR count).